The number of carbonyl (C=O) groups is 2. The molecule has 0 radical (unpaired) electrons. The molecule has 0 saturated carbocycles. The molecule has 0 aromatic rings. The van der Waals surface area contributed by atoms with Crippen LogP contribution in [-0.4, -0.2) is 48.2 Å². The monoisotopic (exact) mass is 321 g/mol. The quantitative estimate of drug-likeness (QED) is 0.391. The predicted molar refractivity (Wildman–Crippen MR) is 85.7 cm³/mol. The Morgan fingerprint density at radius 3 is 2.87 bits per heavy atom. The highest BCUT2D eigenvalue weighted by molar-refractivity contribution is 5.91. The van der Waals surface area contributed by atoms with E-state index in [1.807, 2.05) is 17.1 Å². The van der Waals surface area contributed by atoms with Gasteiger partial charge in [0, 0.05) is 6.54 Å². The van der Waals surface area contributed by atoms with Crippen LogP contribution in [-0.2, 0) is 19.1 Å². The van der Waals surface area contributed by atoms with Gasteiger partial charge in [-0.1, -0.05) is 45.3 Å². The molecule has 1 spiro atoms. The Morgan fingerprint density at radius 2 is 2.13 bits per heavy atom. The molecule has 128 valence electrons. The molecule has 0 unspecified atom stereocenters. The number of hydrogen-bond donors (Lipinski definition) is 0. The molecule has 4 atom stereocenters. The summed E-state index contributed by atoms with van der Waals surface area (Å²) in [5.41, 5.74) is -0.595. The predicted octanol–water partition coefficient (Wildman–Crippen LogP) is 2.30. The van der Waals surface area contributed by atoms with Gasteiger partial charge in [0.2, 0.25) is 5.91 Å². The second-order valence-electron chi connectivity index (χ2n) is 6.89. The summed E-state index contributed by atoms with van der Waals surface area (Å²) in [6, 6.07) is 0. The first kappa shape index (κ1) is 16.5. The van der Waals surface area contributed by atoms with E-state index in [2.05, 4.69) is 13.8 Å². The van der Waals surface area contributed by atoms with E-state index in [1.54, 1.807) is 0 Å². The van der Waals surface area contributed by atoms with Gasteiger partial charge in [0.25, 0.3) is 0 Å². The molecule has 0 aliphatic carbocycles. The van der Waals surface area contributed by atoms with Gasteiger partial charge >= 0.3 is 5.97 Å². The van der Waals surface area contributed by atoms with E-state index in [1.165, 1.54) is 0 Å². The minimum atomic E-state index is -0.595. The summed E-state index contributed by atoms with van der Waals surface area (Å²) in [5, 5.41) is 0. The van der Waals surface area contributed by atoms with E-state index in [-0.39, 0.29) is 18.0 Å². The van der Waals surface area contributed by atoms with Crippen LogP contribution in [0, 0.1) is 11.8 Å². The van der Waals surface area contributed by atoms with Gasteiger partial charge in [-0.2, -0.15) is 0 Å². The molecule has 5 nitrogen and oxygen atoms in total. The van der Waals surface area contributed by atoms with Crippen LogP contribution >= 0.6 is 0 Å². The third-order valence-corrected chi connectivity index (χ3v) is 5.22. The largest absolute Gasteiger partial charge is 0.465 e. The topological polar surface area (TPSA) is 55.8 Å². The minimum Gasteiger partial charge on any atom is -0.465 e. The Hall–Kier alpha value is -1.36. The molecule has 0 aromatic carbocycles. The summed E-state index contributed by atoms with van der Waals surface area (Å²) >= 11 is 0. The van der Waals surface area contributed by atoms with Crippen molar-refractivity contribution in [3.8, 4) is 0 Å². The second-order valence-corrected chi connectivity index (χ2v) is 6.89. The summed E-state index contributed by atoms with van der Waals surface area (Å²) in [7, 11) is 0. The first-order valence-corrected chi connectivity index (χ1v) is 8.95. The molecule has 2 saturated heterocycles. The first-order chi connectivity index (χ1) is 11.1. The maximum absolute atomic E-state index is 12.8. The zero-order valence-electron chi connectivity index (χ0n) is 14.1. The molecular formula is C18H27NO4. The zero-order chi connectivity index (χ0) is 16.4. The molecule has 3 aliphatic heterocycles. The highest BCUT2D eigenvalue weighted by Gasteiger charge is 2.67. The molecule has 3 heterocycles. The van der Waals surface area contributed by atoms with Crippen LogP contribution in [0.25, 0.3) is 0 Å². The van der Waals surface area contributed by atoms with E-state index >= 15 is 0 Å². The van der Waals surface area contributed by atoms with Gasteiger partial charge in [-0.15, -0.1) is 0 Å². The first-order valence-electron chi connectivity index (χ1n) is 8.95. The highest BCUT2D eigenvalue weighted by Crippen LogP contribution is 2.52. The van der Waals surface area contributed by atoms with Gasteiger partial charge in [0.15, 0.2) is 0 Å². The van der Waals surface area contributed by atoms with Gasteiger partial charge in [-0.3, -0.25) is 9.59 Å². The van der Waals surface area contributed by atoms with Crippen molar-refractivity contribution in [1.29, 1.82) is 0 Å². The third kappa shape index (κ3) is 2.80. The number of carbonyl (C=O) groups excluding carboxylic acids is 2. The zero-order valence-corrected chi connectivity index (χ0v) is 14.1. The highest BCUT2D eigenvalue weighted by atomic mass is 16.6. The molecule has 0 aromatic heterocycles. The molecule has 3 aliphatic rings. The number of amides is 1. The number of ether oxygens (including phenoxy) is 2. The molecule has 5 heteroatoms. The number of likely N-dealkylation sites (tertiary alicyclic amines) is 1. The van der Waals surface area contributed by atoms with Gasteiger partial charge in [-0.05, 0) is 12.8 Å². The van der Waals surface area contributed by atoms with Crippen LogP contribution < -0.4 is 0 Å². The number of rotatable bonds is 8. The van der Waals surface area contributed by atoms with Crippen molar-refractivity contribution < 1.29 is 19.1 Å². The summed E-state index contributed by atoms with van der Waals surface area (Å²) in [4.78, 5) is 27.1. The van der Waals surface area contributed by atoms with E-state index < -0.39 is 17.4 Å². The van der Waals surface area contributed by atoms with Crippen molar-refractivity contribution in [2.24, 2.45) is 11.8 Å². The second kappa shape index (κ2) is 6.63. The van der Waals surface area contributed by atoms with E-state index in [4.69, 9.17) is 9.47 Å². The Morgan fingerprint density at radius 1 is 1.35 bits per heavy atom. The fraction of sp³-hybridized carbons (Fsp3) is 0.778. The lowest BCUT2D eigenvalue weighted by molar-refractivity contribution is -0.153. The molecule has 0 N–H and O–H groups in total. The molecular weight excluding hydrogens is 294 g/mol. The molecule has 1 amide bonds. The van der Waals surface area contributed by atoms with Crippen molar-refractivity contribution in [1.82, 2.24) is 4.90 Å². The Labute approximate surface area is 138 Å². The van der Waals surface area contributed by atoms with Crippen molar-refractivity contribution in [2.75, 3.05) is 19.7 Å². The fourth-order valence-electron chi connectivity index (χ4n) is 4.01. The Kier molecular flexibility index (Phi) is 4.76. The molecule has 3 rings (SSSR count). The normalized spacial score (nSPS) is 34.3. The minimum absolute atomic E-state index is 0.0563. The van der Waals surface area contributed by atoms with Gasteiger partial charge < -0.3 is 14.4 Å². The summed E-state index contributed by atoms with van der Waals surface area (Å²) < 4.78 is 11.5. The SMILES string of the molecule is CCCCCOC(=O)[C@@H]1[C@H]2C(=O)N(CCCC)C[C@]23C=C[C@H]1O3. The number of nitrogens with zero attached hydrogens (tertiary/aromatic N) is 1. The van der Waals surface area contributed by atoms with Gasteiger partial charge in [0.1, 0.15) is 11.5 Å². The standard InChI is InChI=1S/C18H27NO4/c1-3-5-7-11-22-17(21)14-13-8-9-18(23-13)12-19(10-6-4-2)16(20)15(14)18/h8-9,13-15H,3-7,10-12H2,1-2H3/t13-,14+,15+,18-/m1/s1. The smallest absolute Gasteiger partial charge is 0.312 e. The average Bonchev–Trinajstić information content (AvgIpc) is 3.18. The number of fused-ring (bicyclic) bond motifs is 1. The molecule has 23 heavy (non-hydrogen) atoms. The van der Waals surface area contributed by atoms with Crippen molar-refractivity contribution in [3.63, 3.8) is 0 Å². The average molecular weight is 321 g/mol. The number of unbranched alkanes of at least 4 members (excludes halogenated alkanes) is 3. The molecule has 2 fully saturated rings. The summed E-state index contributed by atoms with van der Waals surface area (Å²) in [6.07, 6.45) is 8.68. The van der Waals surface area contributed by atoms with Crippen LogP contribution in [0.5, 0.6) is 0 Å². The maximum atomic E-state index is 12.8. The van der Waals surface area contributed by atoms with Crippen molar-refractivity contribution >= 4 is 11.9 Å². The van der Waals surface area contributed by atoms with Gasteiger partial charge in [0.05, 0.1) is 25.2 Å². The Bertz CT molecular complexity index is 503. The van der Waals surface area contributed by atoms with Crippen molar-refractivity contribution in [2.45, 2.75) is 57.7 Å². The number of esters is 1. The van der Waals surface area contributed by atoms with E-state index in [9.17, 15) is 9.59 Å². The van der Waals surface area contributed by atoms with Crippen LogP contribution in [0.1, 0.15) is 46.0 Å². The maximum Gasteiger partial charge on any atom is 0.312 e. The fourth-order valence-corrected chi connectivity index (χ4v) is 4.01. The van der Waals surface area contributed by atoms with E-state index in [0.717, 1.165) is 38.6 Å². The number of hydrogen-bond acceptors (Lipinski definition) is 4. The summed E-state index contributed by atoms with van der Waals surface area (Å²) in [5.74, 6) is -1.08. The summed E-state index contributed by atoms with van der Waals surface area (Å²) in [6.45, 7) is 5.98. The molecule has 2 bridgehead atoms. The van der Waals surface area contributed by atoms with Crippen molar-refractivity contribution in [3.05, 3.63) is 12.2 Å². The van der Waals surface area contributed by atoms with Gasteiger partial charge in [-0.25, -0.2) is 0 Å². The van der Waals surface area contributed by atoms with Crippen LogP contribution in [0.15, 0.2) is 12.2 Å². The third-order valence-electron chi connectivity index (χ3n) is 5.22. The lowest BCUT2D eigenvalue weighted by Gasteiger charge is -2.22. The Balaban J connectivity index is 1.67. The van der Waals surface area contributed by atoms with E-state index in [0.29, 0.717) is 13.2 Å². The van der Waals surface area contributed by atoms with Crippen LogP contribution in [0.4, 0.5) is 0 Å². The lowest BCUT2D eigenvalue weighted by atomic mass is 9.77. The van der Waals surface area contributed by atoms with Crippen LogP contribution in [0.2, 0.25) is 0 Å². The lowest BCUT2D eigenvalue weighted by Crippen LogP contribution is -2.40. The van der Waals surface area contributed by atoms with Crippen LogP contribution in [0.3, 0.4) is 0 Å².